The summed E-state index contributed by atoms with van der Waals surface area (Å²) in [6, 6.07) is 13.5. The van der Waals surface area contributed by atoms with Crippen molar-refractivity contribution in [2.45, 2.75) is 6.42 Å². The smallest absolute Gasteiger partial charge is 0.133 e. The zero-order valence-corrected chi connectivity index (χ0v) is 10.9. The highest BCUT2D eigenvalue weighted by Gasteiger charge is 2.05. The molecule has 2 heterocycles. The SMILES string of the molecule is Nc1nc(Cc2ccc(Cl)cc2)cc2ncccc12. The van der Waals surface area contributed by atoms with E-state index in [9.17, 15) is 0 Å². The van der Waals surface area contributed by atoms with Gasteiger partial charge in [-0.2, -0.15) is 0 Å². The maximum Gasteiger partial charge on any atom is 0.133 e. The molecule has 3 aromatic rings. The topological polar surface area (TPSA) is 51.8 Å². The minimum atomic E-state index is 0.523. The fourth-order valence-corrected chi connectivity index (χ4v) is 2.18. The van der Waals surface area contributed by atoms with Crippen LogP contribution >= 0.6 is 11.6 Å². The lowest BCUT2D eigenvalue weighted by Gasteiger charge is -2.06. The summed E-state index contributed by atoms with van der Waals surface area (Å²) in [6.07, 6.45) is 2.47. The molecule has 0 saturated carbocycles. The normalized spacial score (nSPS) is 10.8. The van der Waals surface area contributed by atoms with E-state index in [0.29, 0.717) is 12.2 Å². The van der Waals surface area contributed by atoms with Gasteiger partial charge in [0.25, 0.3) is 0 Å². The lowest BCUT2D eigenvalue weighted by atomic mass is 10.1. The number of nitrogens with zero attached hydrogens (tertiary/aromatic N) is 2. The Balaban J connectivity index is 1.99. The molecule has 1 aromatic carbocycles. The van der Waals surface area contributed by atoms with Crippen LogP contribution in [0, 0.1) is 0 Å². The highest BCUT2D eigenvalue weighted by atomic mass is 35.5. The molecule has 0 aliphatic rings. The van der Waals surface area contributed by atoms with Crippen LogP contribution < -0.4 is 5.73 Å². The van der Waals surface area contributed by atoms with Gasteiger partial charge in [0.2, 0.25) is 0 Å². The van der Waals surface area contributed by atoms with E-state index in [4.69, 9.17) is 17.3 Å². The number of anilines is 1. The first-order valence-corrected chi connectivity index (χ1v) is 6.35. The number of halogens is 1. The van der Waals surface area contributed by atoms with Crippen molar-refractivity contribution in [1.29, 1.82) is 0 Å². The van der Waals surface area contributed by atoms with Gasteiger partial charge < -0.3 is 5.73 Å². The maximum absolute atomic E-state index is 5.96. The molecule has 2 N–H and O–H groups in total. The van der Waals surface area contributed by atoms with E-state index in [1.807, 2.05) is 42.5 Å². The van der Waals surface area contributed by atoms with Gasteiger partial charge in [0.05, 0.1) is 5.52 Å². The number of rotatable bonds is 2. The summed E-state index contributed by atoms with van der Waals surface area (Å²) in [5, 5.41) is 1.62. The first-order chi connectivity index (χ1) is 9.22. The van der Waals surface area contributed by atoms with Crippen molar-refractivity contribution in [3.63, 3.8) is 0 Å². The van der Waals surface area contributed by atoms with Crippen LogP contribution in [0.2, 0.25) is 5.02 Å². The molecule has 0 saturated heterocycles. The third-order valence-electron chi connectivity index (χ3n) is 2.98. The zero-order chi connectivity index (χ0) is 13.2. The number of aromatic nitrogens is 2. The Morgan fingerprint density at radius 1 is 1.11 bits per heavy atom. The number of hydrogen-bond donors (Lipinski definition) is 1. The van der Waals surface area contributed by atoms with Crippen molar-refractivity contribution in [3.05, 3.63) is 64.9 Å². The molecule has 3 rings (SSSR count). The summed E-state index contributed by atoms with van der Waals surface area (Å²) in [5.74, 6) is 0.523. The van der Waals surface area contributed by atoms with E-state index in [1.54, 1.807) is 6.20 Å². The molecule has 0 amide bonds. The van der Waals surface area contributed by atoms with Gasteiger partial charge in [-0.3, -0.25) is 4.98 Å². The number of hydrogen-bond acceptors (Lipinski definition) is 3. The largest absolute Gasteiger partial charge is 0.383 e. The van der Waals surface area contributed by atoms with E-state index in [1.165, 1.54) is 0 Å². The van der Waals surface area contributed by atoms with Gasteiger partial charge >= 0.3 is 0 Å². The monoisotopic (exact) mass is 269 g/mol. The van der Waals surface area contributed by atoms with Crippen LogP contribution in [-0.4, -0.2) is 9.97 Å². The number of benzene rings is 1. The van der Waals surface area contributed by atoms with Gasteiger partial charge in [0.1, 0.15) is 5.82 Å². The van der Waals surface area contributed by atoms with Crippen LogP contribution in [0.3, 0.4) is 0 Å². The van der Waals surface area contributed by atoms with Gasteiger partial charge in [0, 0.05) is 28.7 Å². The van der Waals surface area contributed by atoms with E-state index < -0.39 is 0 Å². The zero-order valence-electron chi connectivity index (χ0n) is 10.2. The number of nitrogens with two attached hydrogens (primary N) is 1. The molecule has 0 radical (unpaired) electrons. The van der Waals surface area contributed by atoms with Gasteiger partial charge in [-0.25, -0.2) is 4.98 Å². The fourth-order valence-electron chi connectivity index (χ4n) is 2.06. The Kier molecular flexibility index (Phi) is 3.05. The molecule has 0 fully saturated rings. The molecule has 2 aromatic heterocycles. The summed E-state index contributed by atoms with van der Waals surface area (Å²) in [6.45, 7) is 0. The van der Waals surface area contributed by atoms with Crippen LogP contribution in [0.5, 0.6) is 0 Å². The Hall–Kier alpha value is -2.13. The average molecular weight is 270 g/mol. The van der Waals surface area contributed by atoms with E-state index >= 15 is 0 Å². The summed E-state index contributed by atoms with van der Waals surface area (Å²) in [7, 11) is 0. The van der Waals surface area contributed by atoms with Gasteiger partial charge in [-0.15, -0.1) is 0 Å². The molecule has 94 valence electrons. The molecule has 0 bridgehead atoms. The predicted octanol–water partition coefficient (Wildman–Crippen LogP) is 3.46. The van der Waals surface area contributed by atoms with Crippen molar-refractivity contribution in [3.8, 4) is 0 Å². The van der Waals surface area contributed by atoms with Crippen LogP contribution in [-0.2, 0) is 6.42 Å². The van der Waals surface area contributed by atoms with Crippen molar-refractivity contribution in [2.24, 2.45) is 0 Å². The standard InChI is InChI=1S/C15H12ClN3/c16-11-5-3-10(4-6-11)8-12-9-14-13(15(17)19-12)2-1-7-18-14/h1-7,9H,8H2,(H2,17,19). The molecule has 19 heavy (non-hydrogen) atoms. The van der Waals surface area contributed by atoms with E-state index in [2.05, 4.69) is 9.97 Å². The Morgan fingerprint density at radius 3 is 2.68 bits per heavy atom. The minimum Gasteiger partial charge on any atom is -0.383 e. The lowest BCUT2D eigenvalue weighted by Crippen LogP contribution is -1.99. The first-order valence-electron chi connectivity index (χ1n) is 5.97. The quantitative estimate of drug-likeness (QED) is 0.775. The average Bonchev–Trinajstić information content (AvgIpc) is 2.42. The molecule has 0 aliphatic heterocycles. The third kappa shape index (κ3) is 2.51. The molecular weight excluding hydrogens is 258 g/mol. The van der Waals surface area contributed by atoms with Crippen LogP contribution in [0.25, 0.3) is 10.9 Å². The van der Waals surface area contributed by atoms with Crippen molar-refractivity contribution < 1.29 is 0 Å². The highest BCUT2D eigenvalue weighted by Crippen LogP contribution is 2.20. The molecule has 3 nitrogen and oxygen atoms in total. The molecule has 0 atom stereocenters. The second-order valence-corrected chi connectivity index (χ2v) is 4.81. The second-order valence-electron chi connectivity index (χ2n) is 4.37. The van der Waals surface area contributed by atoms with E-state index in [-0.39, 0.29) is 0 Å². The molecule has 0 aliphatic carbocycles. The Labute approximate surface area is 116 Å². The predicted molar refractivity (Wildman–Crippen MR) is 78.2 cm³/mol. The number of pyridine rings is 2. The van der Waals surface area contributed by atoms with Crippen molar-refractivity contribution in [2.75, 3.05) is 5.73 Å². The molecular formula is C15H12ClN3. The number of nitrogen functional groups attached to an aromatic ring is 1. The highest BCUT2D eigenvalue weighted by molar-refractivity contribution is 6.30. The number of fused-ring (bicyclic) bond motifs is 1. The molecule has 0 unspecified atom stereocenters. The lowest BCUT2D eigenvalue weighted by molar-refractivity contribution is 1.09. The summed E-state index contributed by atoms with van der Waals surface area (Å²) < 4.78 is 0. The molecule has 0 spiro atoms. The van der Waals surface area contributed by atoms with Gasteiger partial charge in [-0.1, -0.05) is 23.7 Å². The Morgan fingerprint density at radius 2 is 1.89 bits per heavy atom. The summed E-state index contributed by atoms with van der Waals surface area (Å²) in [4.78, 5) is 8.74. The van der Waals surface area contributed by atoms with Crippen molar-refractivity contribution in [1.82, 2.24) is 9.97 Å². The van der Waals surface area contributed by atoms with Crippen LogP contribution in [0.1, 0.15) is 11.3 Å². The van der Waals surface area contributed by atoms with Gasteiger partial charge in [-0.05, 0) is 35.9 Å². The maximum atomic E-state index is 5.96. The summed E-state index contributed by atoms with van der Waals surface area (Å²) >= 11 is 5.87. The van der Waals surface area contributed by atoms with Crippen LogP contribution in [0.4, 0.5) is 5.82 Å². The van der Waals surface area contributed by atoms with Crippen molar-refractivity contribution >= 4 is 28.3 Å². The van der Waals surface area contributed by atoms with Crippen LogP contribution in [0.15, 0.2) is 48.7 Å². The summed E-state index contributed by atoms with van der Waals surface area (Å²) in [5.41, 5.74) is 8.89. The third-order valence-corrected chi connectivity index (χ3v) is 3.23. The Bertz CT molecular complexity index is 723. The fraction of sp³-hybridized carbons (Fsp3) is 0.0667. The van der Waals surface area contributed by atoms with Gasteiger partial charge in [0.15, 0.2) is 0 Å². The second kappa shape index (κ2) is 4.86. The first kappa shape index (κ1) is 11.9. The molecule has 4 heteroatoms. The minimum absolute atomic E-state index is 0.523. The van der Waals surface area contributed by atoms with E-state index in [0.717, 1.165) is 27.2 Å².